The summed E-state index contributed by atoms with van der Waals surface area (Å²) in [4.78, 5) is 18.0. The van der Waals surface area contributed by atoms with Crippen molar-refractivity contribution in [3.05, 3.63) is 56.8 Å². The number of carbonyl (C=O) groups excluding carboxylic acids is 1. The summed E-state index contributed by atoms with van der Waals surface area (Å²) in [6, 6.07) is 9.43. The van der Waals surface area contributed by atoms with Gasteiger partial charge in [0.15, 0.2) is 4.80 Å². The summed E-state index contributed by atoms with van der Waals surface area (Å²) >= 11 is 13.9. The molecule has 188 valence electrons. The molecule has 1 amide bonds. The van der Waals surface area contributed by atoms with Crippen molar-refractivity contribution >= 4 is 60.7 Å². The zero-order valence-corrected chi connectivity index (χ0v) is 22.5. The van der Waals surface area contributed by atoms with Crippen LogP contribution in [-0.2, 0) is 21.3 Å². The Balaban J connectivity index is 1.65. The van der Waals surface area contributed by atoms with Crippen molar-refractivity contribution in [2.75, 3.05) is 26.3 Å². The van der Waals surface area contributed by atoms with Crippen LogP contribution in [0.15, 0.2) is 46.3 Å². The molecule has 11 heteroatoms. The Morgan fingerprint density at radius 3 is 2.43 bits per heavy atom. The van der Waals surface area contributed by atoms with Gasteiger partial charge in [-0.25, -0.2) is 8.42 Å². The molecule has 1 aliphatic rings. The lowest BCUT2D eigenvalue weighted by Crippen LogP contribution is -2.31. The van der Waals surface area contributed by atoms with Gasteiger partial charge in [0.2, 0.25) is 10.0 Å². The van der Waals surface area contributed by atoms with Crippen molar-refractivity contribution in [3.63, 3.8) is 0 Å². The number of sulfonamides is 1. The maximum atomic E-state index is 13.0. The fraction of sp³-hybridized carbons (Fsp3) is 0.417. The van der Waals surface area contributed by atoms with Crippen molar-refractivity contribution in [2.24, 2.45) is 4.99 Å². The van der Waals surface area contributed by atoms with Gasteiger partial charge < -0.3 is 9.30 Å². The van der Waals surface area contributed by atoms with Crippen LogP contribution in [0.1, 0.15) is 43.0 Å². The number of amides is 1. The fourth-order valence-electron chi connectivity index (χ4n) is 4.07. The number of fused-ring (bicyclic) bond motifs is 1. The minimum atomic E-state index is -3.58. The molecule has 0 aliphatic carbocycles. The van der Waals surface area contributed by atoms with Crippen molar-refractivity contribution in [2.45, 2.75) is 44.0 Å². The minimum Gasteiger partial charge on any atom is -0.380 e. The average molecular weight is 557 g/mol. The molecular weight excluding hydrogens is 529 g/mol. The molecule has 35 heavy (non-hydrogen) atoms. The number of halogens is 2. The maximum absolute atomic E-state index is 13.0. The molecule has 0 N–H and O–H groups in total. The third-order valence-corrected chi connectivity index (χ3v) is 9.30. The number of nitrogens with zero attached hydrogens (tertiary/aromatic N) is 3. The Morgan fingerprint density at radius 1 is 1.09 bits per heavy atom. The Kier molecular flexibility index (Phi) is 8.67. The summed E-state index contributed by atoms with van der Waals surface area (Å²) in [6.45, 7) is 4.44. The molecule has 1 aliphatic heterocycles. The van der Waals surface area contributed by atoms with Crippen LogP contribution in [-0.4, -0.2) is 49.5 Å². The van der Waals surface area contributed by atoms with Gasteiger partial charge in [-0.05, 0) is 56.2 Å². The third kappa shape index (κ3) is 5.98. The van der Waals surface area contributed by atoms with E-state index in [2.05, 4.69) is 4.99 Å². The van der Waals surface area contributed by atoms with E-state index in [1.54, 1.807) is 12.1 Å². The number of benzene rings is 2. The van der Waals surface area contributed by atoms with E-state index in [4.69, 9.17) is 27.9 Å². The Hall–Kier alpha value is -1.75. The highest BCUT2D eigenvalue weighted by molar-refractivity contribution is 7.89. The predicted molar refractivity (Wildman–Crippen MR) is 140 cm³/mol. The molecule has 0 saturated carbocycles. The van der Waals surface area contributed by atoms with E-state index in [1.165, 1.54) is 39.9 Å². The largest absolute Gasteiger partial charge is 0.380 e. The van der Waals surface area contributed by atoms with Crippen LogP contribution in [0.25, 0.3) is 10.2 Å². The molecular formula is C24H27Cl2N3O4S2. The summed E-state index contributed by atoms with van der Waals surface area (Å²) in [7, 11) is -3.58. The normalized spacial score (nSPS) is 16.0. The van der Waals surface area contributed by atoms with Gasteiger partial charge in [-0.3, -0.25) is 4.79 Å². The van der Waals surface area contributed by atoms with E-state index >= 15 is 0 Å². The molecule has 0 bridgehead atoms. The lowest BCUT2D eigenvalue weighted by atomic mass is 10.2. The van der Waals surface area contributed by atoms with E-state index in [9.17, 15) is 13.2 Å². The van der Waals surface area contributed by atoms with E-state index in [-0.39, 0.29) is 4.90 Å². The van der Waals surface area contributed by atoms with Gasteiger partial charge in [0.25, 0.3) is 5.91 Å². The Labute approximate surface area is 219 Å². The SMILES string of the molecule is CCOCCn1c(=NC(=O)c2ccc(S(=O)(=O)N3CCCCCC3)cc2)sc2cc(Cl)cc(Cl)c21. The quantitative estimate of drug-likeness (QED) is 0.368. The first-order chi connectivity index (χ1) is 16.8. The first-order valence-electron chi connectivity index (χ1n) is 11.6. The van der Waals surface area contributed by atoms with E-state index in [0.29, 0.717) is 53.3 Å². The topological polar surface area (TPSA) is 81.0 Å². The lowest BCUT2D eigenvalue weighted by Gasteiger charge is -2.19. The Morgan fingerprint density at radius 2 is 1.77 bits per heavy atom. The number of thiazole rings is 1. The highest BCUT2D eigenvalue weighted by atomic mass is 35.5. The van der Waals surface area contributed by atoms with Crippen molar-refractivity contribution in [3.8, 4) is 0 Å². The molecule has 3 aromatic rings. The second kappa shape index (κ2) is 11.5. The molecule has 4 rings (SSSR count). The van der Waals surface area contributed by atoms with Crippen molar-refractivity contribution in [1.29, 1.82) is 0 Å². The number of ether oxygens (including phenoxy) is 1. The molecule has 0 unspecified atom stereocenters. The smallest absolute Gasteiger partial charge is 0.279 e. The summed E-state index contributed by atoms with van der Waals surface area (Å²) < 4.78 is 35.7. The van der Waals surface area contributed by atoms with Gasteiger partial charge in [0, 0.05) is 36.8 Å². The number of rotatable bonds is 7. The Bertz CT molecular complexity index is 1370. The van der Waals surface area contributed by atoms with Crippen LogP contribution in [0.2, 0.25) is 10.0 Å². The van der Waals surface area contributed by atoms with Gasteiger partial charge in [0.05, 0.1) is 26.7 Å². The predicted octanol–water partition coefficient (Wildman–Crippen LogP) is 5.35. The molecule has 0 spiro atoms. The first-order valence-corrected chi connectivity index (χ1v) is 14.6. The van der Waals surface area contributed by atoms with Gasteiger partial charge in [0.1, 0.15) is 0 Å². The van der Waals surface area contributed by atoms with Gasteiger partial charge in [-0.15, -0.1) is 0 Å². The van der Waals surface area contributed by atoms with Crippen LogP contribution < -0.4 is 4.80 Å². The number of hydrogen-bond acceptors (Lipinski definition) is 5. The number of carbonyl (C=O) groups is 1. The lowest BCUT2D eigenvalue weighted by molar-refractivity contribution is 0.0996. The molecule has 0 radical (unpaired) electrons. The van der Waals surface area contributed by atoms with Gasteiger partial charge >= 0.3 is 0 Å². The van der Waals surface area contributed by atoms with E-state index < -0.39 is 15.9 Å². The van der Waals surface area contributed by atoms with Crippen LogP contribution in [0.3, 0.4) is 0 Å². The molecule has 2 heterocycles. The van der Waals surface area contributed by atoms with E-state index in [0.717, 1.165) is 35.9 Å². The molecule has 1 aromatic heterocycles. The second-order valence-corrected chi connectivity index (χ2v) is 12.0. The zero-order chi connectivity index (χ0) is 25.0. The second-order valence-electron chi connectivity index (χ2n) is 8.23. The molecule has 0 atom stereocenters. The summed E-state index contributed by atoms with van der Waals surface area (Å²) in [6.07, 6.45) is 3.81. The minimum absolute atomic E-state index is 0.186. The van der Waals surface area contributed by atoms with Gasteiger partial charge in [-0.2, -0.15) is 9.30 Å². The standard InChI is InChI=1S/C24H27Cl2N3O4S2/c1-2-33-14-13-29-22-20(26)15-18(25)16-21(22)34-24(29)27-23(30)17-7-9-19(10-8-17)35(31,32)28-11-5-3-4-6-12-28/h7-10,15-16H,2-6,11-14H2,1H3. The zero-order valence-electron chi connectivity index (χ0n) is 19.4. The van der Waals surface area contributed by atoms with E-state index in [1.807, 2.05) is 11.5 Å². The monoisotopic (exact) mass is 555 g/mol. The third-order valence-electron chi connectivity index (χ3n) is 5.86. The van der Waals surface area contributed by atoms with Crippen LogP contribution in [0.5, 0.6) is 0 Å². The number of hydrogen-bond donors (Lipinski definition) is 0. The van der Waals surface area contributed by atoms with Gasteiger partial charge in [-0.1, -0.05) is 47.4 Å². The van der Waals surface area contributed by atoms with Crippen molar-refractivity contribution < 1.29 is 17.9 Å². The maximum Gasteiger partial charge on any atom is 0.279 e. The summed E-state index contributed by atoms with van der Waals surface area (Å²) in [5.41, 5.74) is 1.05. The molecule has 7 nitrogen and oxygen atoms in total. The summed E-state index contributed by atoms with van der Waals surface area (Å²) in [5, 5.41) is 0.969. The van der Waals surface area contributed by atoms with Crippen LogP contribution in [0, 0.1) is 0 Å². The number of aromatic nitrogens is 1. The van der Waals surface area contributed by atoms with Crippen LogP contribution >= 0.6 is 34.5 Å². The molecule has 2 aromatic carbocycles. The molecule has 1 fully saturated rings. The highest BCUT2D eigenvalue weighted by Crippen LogP contribution is 2.30. The van der Waals surface area contributed by atoms with Crippen LogP contribution in [0.4, 0.5) is 0 Å². The van der Waals surface area contributed by atoms with Crippen molar-refractivity contribution in [1.82, 2.24) is 8.87 Å². The molecule has 1 saturated heterocycles. The summed E-state index contributed by atoms with van der Waals surface area (Å²) in [5.74, 6) is -0.470. The fourth-order valence-corrected chi connectivity index (χ4v) is 7.43. The average Bonchev–Trinajstić information content (AvgIpc) is 2.99. The highest BCUT2D eigenvalue weighted by Gasteiger charge is 2.25. The first kappa shape index (κ1) is 26.3.